The molecule has 1 saturated heterocycles. The van der Waals surface area contributed by atoms with Crippen LogP contribution in [0.5, 0.6) is 0 Å². The van der Waals surface area contributed by atoms with Crippen molar-refractivity contribution in [2.45, 2.75) is 53.4 Å². The molecule has 2 amide bonds. The molecule has 2 rings (SSSR count). The van der Waals surface area contributed by atoms with Crippen LogP contribution in [0, 0.1) is 13.8 Å². The summed E-state index contributed by atoms with van der Waals surface area (Å²) >= 11 is 0. The van der Waals surface area contributed by atoms with Gasteiger partial charge in [-0.1, -0.05) is 32.9 Å². The van der Waals surface area contributed by atoms with Gasteiger partial charge in [0.25, 0.3) is 5.91 Å². The third-order valence-corrected chi connectivity index (χ3v) is 4.84. The van der Waals surface area contributed by atoms with Gasteiger partial charge in [0.2, 0.25) is 5.91 Å². The van der Waals surface area contributed by atoms with Gasteiger partial charge in [0.15, 0.2) is 0 Å². The van der Waals surface area contributed by atoms with Gasteiger partial charge in [-0.15, -0.1) is 0 Å². The number of nitrogens with zero attached hydrogens (tertiary/aromatic N) is 2. The number of benzene rings is 1. The minimum atomic E-state index is 0.0711. The molecule has 0 aromatic heterocycles. The van der Waals surface area contributed by atoms with Crippen molar-refractivity contribution in [2.75, 3.05) is 26.2 Å². The third kappa shape index (κ3) is 3.97. The summed E-state index contributed by atoms with van der Waals surface area (Å²) in [5.74, 6) is 0.182. The molecule has 0 aliphatic carbocycles. The summed E-state index contributed by atoms with van der Waals surface area (Å²) in [7, 11) is 0. The van der Waals surface area contributed by atoms with Crippen molar-refractivity contribution in [3.8, 4) is 0 Å². The van der Waals surface area contributed by atoms with E-state index in [9.17, 15) is 9.59 Å². The van der Waals surface area contributed by atoms with Crippen LogP contribution < -0.4 is 0 Å². The second kappa shape index (κ2) is 6.96. The molecule has 0 saturated carbocycles. The van der Waals surface area contributed by atoms with E-state index in [1.54, 1.807) is 6.92 Å². The summed E-state index contributed by atoms with van der Waals surface area (Å²) in [5.41, 5.74) is 4.23. The lowest BCUT2D eigenvalue weighted by Gasteiger charge is -2.25. The zero-order valence-corrected chi connectivity index (χ0v) is 15.9. The van der Waals surface area contributed by atoms with Crippen LogP contribution in [0.2, 0.25) is 0 Å². The van der Waals surface area contributed by atoms with Gasteiger partial charge in [0.05, 0.1) is 0 Å². The molecule has 0 atom stereocenters. The van der Waals surface area contributed by atoms with Crippen LogP contribution in [0.1, 0.15) is 61.2 Å². The van der Waals surface area contributed by atoms with Crippen LogP contribution in [-0.2, 0) is 10.2 Å². The molecule has 1 aliphatic rings. The highest BCUT2D eigenvalue weighted by molar-refractivity contribution is 5.97. The minimum Gasteiger partial charge on any atom is -0.341 e. The van der Waals surface area contributed by atoms with Gasteiger partial charge < -0.3 is 9.80 Å². The Bertz CT molecular complexity index is 621. The molecule has 4 nitrogen and oxygen atoms in total. The Morgan fingerprint density at radius 2 is 1.42 bits per heavy atom. The quantitative estimate of drug-likeness (QED) is 0.793. The number of carbonyl (C=O) groups is 2. The van der Waals surface area contributed by atoms with Gasteiger partial charge in [0, 0.05) is 38.7 Å². The molecule has 0 spiro atoms. The maximum Gasteiger partial charge on any atom is 0.254 e. The molecule has 1 fully saturated rings. The van der Waals surface area contributed by atoms with Gasteiger partial charge in [-0.3, -0.25) is 9.59 Å². The normalized spacial score (nSPS) is 16.1. The molecule has 1 heterocycles. The van der Waals surface area contributed by atoms with Crippen LogP contribution in [0.4, 0.5) is 0 Å². The van der Waals surface area contributed by atoms with Crippen LogP contribution in [0.3, 0.4) is 0 Å². The van der Waals surface area contributed by atoms with E-state index in [-0.39, 0.29) is 17.2 Å². The van der Waals surface area contributed by atoms with Gasteiger partial charge >= 0.3 is 0 Å². The van der Waals surface area contributed by atoms with Crippen LogP contribution in [-0.4, -0.2) is 47.8 Å². The number of amides is 2. The molecule has 0 radical (unpaired) electrons. The standard InChI is InChI=1S/C20H30N2O2/c1-14-12-17(20(4,5)6)13-15(2)18(14)19(24)22-9-7-8-21(10-11-22)16(3)23/h12-13H,7-11H2,1-6H3. The third-order valence-electron chi connectivity index (χ3n) is 4.84. The number of carbonyl (C=O) groups excluding carboxylic acids is 2. The second-order valence-corrected chi connectivity index (χ2v) is 7.89. The van der Waals surface area contributed by atoms with Crippen molar-refractivity contribution in [2.24, 2.45) is 0 Å². The predicted octanol–water partition coefficient (Wildman–Crippen LogP) is 3.30. The Morgan fingerprint density at radius 1 is 0.917 bits per heavy atom. The summed E-state index contributed by atoms with van der Waals surface area (Å²) in [6.07, 6.45) is 0.837. The molecule has 0 unspecified atom stereocenters. The first-order valence-electron chi connectivity index (χ1n) is 8.78. The molecule has 132 valence electrons. The topological polar surface area (TPSA) is 40.6 Å². The molecule has 0 N–H and O–H groups in total. The van der Waals surface area contributed by atoms with Gasteiger partial charge in [-0.25, -0.2) is 0 Å². The predicted molar refractivity (Wildman–Crippen MR) is 97.4 cm³/mol. The van der Waals surface area contributed by atoms with E-state index in [0.29, 0.717) is 19.6 Å². The van der Waals surface area contributed by atoms with Crippen molar-refractivity contribution >= 4 is 11.8 Å². The highest BCUT2D eigenvalue weighted by atomic mass is 16.2. The van der Waals surface area contributed by atoms with Gasteiger partial charge in [-0.2, -0.15) is 0 Å². The summed E-state index contributed by atoms with van der Waals surface area (Å²) in [6.45, 7) is 14.9. The monoisotopic (exact) mass is 330 g/mol. The van der Waals surface area contributed by atoms with Crippen LogP contribution in [0.15, 0.2) is 12.1 Å². The SMILES string of the molecule is CC(=O)N1CCCN(C(=O)c2c(C)cc(C(C)(C)C)cc2C)CC1. The lowest BCUT2D eigenvalue weighted by molar-refractivity contribution is -0.128. The number of hydrogen-bond donors (Lipinski definition) is 0. The number of hydrogen-bond acceptors (Lipinski definition) is 2. The fraction of sp³-hybridized carbons (Fsp3) is 0.600. The number of aryl methyl sites for hydroxylation is 2. The first-order chi connectivity index (χ1) is 11.1. The summed E-state index contributed by atoms with van der Waals surface area (Å²) in [6, 6.07) is 4.28. The fourth-order valence-corrected chi connectivity index (χ4v) is 3.33. The molecule has 4 heteroatoms. The van der Waals surface area contributed by atoms with Crippen molar-refractivity contribution in [1.82, 2.24) is 9.80 Å². The summed E-state index contributed by atoms with van der Waals surface area (Å²) < 4.78 is 0. The molecule has 0 bridgehead atoms. The van der Waals surface area contributed by atoms with E-state index in [2.05, 4.69) is 32.9 Å². The first kappa shape index (κ1) is 18.5. The fourth-order valence-electron chi connectivity index (χ4n) is 3.33. The van der Waals surface area contributed by atoms with Gasteiger partial charge in [-0.05, 0) is 42.4 Å². The van der Waals surface area contributed by atoms with E-state index >= 15 is 0 Å². The van der Waals surface area contributed by atoms with E-state index in [0.717, 1.165) is 29.7 Å². The first-order valence-corrected chi connectivity index (χ1v) is 8.78. The smallest absolute Gasteiger partial charge is 0.254 e. The molecule has 1 aromatic carbocycles. The Hall–Kier alpha value is -1.84. The Labute approximate surface area is 145 Å². The van der Waals surface area contributed by atoms with Crippen molar-refractivity contribution in [3.63, 3.8) is 0 Å². The Kier molecular flexibility index (Phi) is 5.36. The highest BCUT2D eigenvalue weighted by Crippen LogP contribution is 2.27. The van der Waals surface area contributed by atoms with Crippen molar-refractivity contribution in [3.05, 3.63) is 34.4 Å². The zero-order valence-electron chi connectivity index (χ0n) is 15.9. The molecular formula is C20H30N2O2. The highest BCUT2D eigenvalue weighted by Gasteiger charge is 2.25. The average Bonchev–Trinajstić information content (AvgIpc) is 2.71. The zero-order chi connectivity index (χ0) is 18.1. The molecule has 1 aromatic rings. The minimum absolute atomic E-state index is 0.0711. The van der Waals surface area contributed by atoms with Crippen molar-refractivity contribution < 1.29 is 9.59 Å². The summed E-state index contributed by atoms with van der Waals surface area (Å²) in [4.78, 5) is 28.3. The van der Waals surface area contributed by atoms with E-state index in [4.69, 9.17) is 0 Å². The second-order valence-electron chi connectivity index (χ2n) is 7.89. The largest absolute Gasteiger partial charge is 0.341 e. The molecule has 24 heavy (non-hydrogen) atoms. The maximum atomic E-state index is 13.1. The van der Waals surface area contributed by atoms with Gasteiger partial charge in [0.1, 0.15) is 0 Å². The average molecular weight is 330 g/mol. The Morgan fingerprint density at radius 3 is 1.92 bits per heavy atom. The molecule has 1 aliphatic heterocycles. The molecular weight excluding hydrogens is 300 g/mol. The van der Waals surface area contributed by atoms with Crippen LogP contribution >= 0.6 is 0 Å². The lowest BCUT2D eigenvalue weighted by atomic mass is 9.83. The lowest BCUT2D eigenvalue weighted by Crippen LogP contribution is -2.37. The van der Waals surface area contributed by atoms with Crippen molar-refractivity contribution in [1.29, 1.82) is 0 Å². The van der Waals surface area contributed by atoms with E-state index in [1.807, 2.05) is 23.6 Å². The van der Waals surface area contributed by atoms with Crippen LogP contribution in [0.25, 0.3) is 0 Å². The Balaban J connectivity index is 2.25. The summed E-state index contributed by atoms with van der Waals surface area (Å²) in [5, 5.41) is 0. The van der Waals surface area contributed by atoms with E-state index < -0.39 is 0 Å². The maximum absolute atomic E-state index is 13.1. The number of rotatable bonds is 1. The van der Waals surface area contributed by atoms with E-state index in [1.165, 1.54) is 5.56 Å².